The highest BCUT2D eigenvalue weighted by Crippen LogP contribution is 2.29. The molecule has 1 aliphatic rings. The van der Waals surface area contributed by atoms with Crippen LogP contribution in [-0.4, -0.2) is 34.5 Å². The number of amides is 2. The zero-order chi connectivity index (χ0) is 17.8. The maximum absolute atomic E-state index is 13.3. The van der Waals surface area contributed by atoms with Gasteiger partial charge in [0.1, 0.15) is 10.8 Å². The average molecular weight is 363 g/mol. The first-order valence-corrected chi connectivity index (χ1v) is 8.89. The van der Waals surface area contributed by atoms with Crippen molar-refractivity contribution in [2.24, 2.45) is 0 Å². The van der Waals surface area contributed by atoms with E-state index < -0.39 is 11.8 Å². The van der Waals surface area contributed by atoms with Gasteiger partial charge in [-0.2, -0.15) is 0 Å². The van der Waals surface area contributed by atoms with Crippen molar-refractivity contribution in [3.63, 3.8) is 0 Å². The zero-order valence-electron chi connectivity index (χ0n) is 13.7. The smallest absolute Gasteiger partial charge is 0.357 e. The molecule has 0 bridgehead atoms. The Hall–Kier alpha value is -2.48. The Kier molecular flexibility index (Phi) is 5.28. The molecule has 0 spiro atoms. The molecular weight excluding hydrogens is 345 g/mol. The Morgan fingerprint density at radius 2 is 2.24 bits per heavy atom. The number of hydrogen-bond donors (Lipinski definition) is 1. The molecule has 1 saturated carbocycles. The van der Waals surface area contributed by atoms with Gasteiger partial charge in [-0.1, -0.05) is 6.07 Å². The van der Waals surface area contributed by atoms with Crippen LogP contribution in [0.5, 0.6) is 0 Å². The van der Waals surface area contributed by atoms with Gasteiger partial charge in [0.25, 0.3) is 0 Å². The predicted molar refractivity (Wildman–Crippen MR) is 92.1 cm³/mol. The highest BCUT2D eigenvalue weighted by Gasteiger charge is 2.33. The molecule has 25 heavy (non-hydrogen) atoms. The van der Waals surface area contributed by atoms with E-state index in [1.165, 1.54) is 23.5 Å². The van der Waals surface area contributed by atoms with Crippen LogP contribution in [0.25, 0.3) is 0 Å². The largest absolute Gasteiger partial charge is 0.461 e. The topological polar surface area (TPSA) is 71.5 Å². The number of halogens is 1. The van der Waals surface area contributed by atoms with Crippen molar-refractivity contribution in [2.75, 3.05) is 11.9 Å². The monoisotopic (exact) mass is 363 g/mol. The number of esters is 1. The van der Waals surface area contributed by atoms with Crippen LogP contribution >= 0.6 is 11.3 Å². The molecular formula is C17H18FN3O3S. The molecule has 1 N–H and O–H groups in total. The van der Waals surface area contributed by atoms with Crippen LogP contribution in [-0.2, 0) is 11.3 Å². The van der Waals surface area contributed by atoms with E-state index in [2.05, 4.69) is 10.3 Å². The van der Waals surface area contributed by atoms with Gasteiger partial charge in [-0.05, 0) is 38.0 Å². The van der Waals surface area contributed by atoms with Crippen LogP contribution < -0.4 is 5.32 Å². The number of hydrogen-bond acceptors (Lipinski definition) is 5. The van der Waals surface area contributed by atoms with Crippen LogP contribution in [0.15, 0.2) is 29.6 Å². The van der Waals surface area contributed by atoms with E-state index in [-0.39, 0.29) is 24.4 Å². The quantitative estimate of drug-likeness (QED) is 0.795. The summed E-state index contributed by atoms with van der Waals surface area (Å²) in [6, 6.07) is 5.60. The highest BCUT2D eigenvalue weighted by molar-refractivity contribution is 7.09. The summed E-state index contributed by atoms with van der Waals surface area (Å²) in [4.78, 5) is 30.1. The fraction of sp³-hybridized carbons (Fsp3) is 0.353. The minimum Gasteiger partial charge on any atom is -0.461 e. The summed E-state index contributed by atoms with van der Waals surface area (Å²) in [5.41, 5.74) is 0.658. The molecule has 0 unspecified atom stereocenters. The average Bonchev–Trinajstić information content (AvgIpc) is 3.30. The van der Waals surface area contributed by atoms with Crippen molar-refractivity contribution in [1.29, 1.82) is 0 Å². The van der Waals surface area contributed by atoms with E-state index in [0.29, 0.717) is 17.2 Å². The molecule has 1 aromatic carbocycles. The molecule has 132 valence electrons. The highest BCUT2D eigenvalue weighted by atomic mass is 32.1. The molecule has 6 nitrogen and oxygen atoms in total. The first-order valence-electron chi connectivity index (χ1n) is 8.01. The zero-order valence-corrected chi connectivity index (χ0v) is 14.5. The van der Waals surface area contributed by atoms with Gasteiger partial charge in [-0.15, -0.1) is 11.3 Å². The van der Waals surface area contributed by atoms with Crippen LogP contribution in [0.3, 0.4) is 0 Å². The first-order chi connectivity index (χ1) is 12.1. The van der Waals surface area contributed by atoms with Gasteiger partial charge in [0.15, 0.2) is 5.69 Å². The molecule has 0 aliphatic heterocycles. The van der Waals surface area contributed by atoms with E-state index in [0.717, 1.165) is 12.8 Å². The molecule has 8 heteroatoms. The maximum atomic E-state index is 13.3. The number of ether oxygens (including phenoxy) is 1. The summed E-state index contributed by atoms with van der Waals surface area (Å²) >= 11 is 1.31. The number of carbonyl (C=O) groups excluding carboxylic acids is 2. The molecule has 3 rings (SSSR count). The molecule has 1 aliphatic carbocycles. The second kappa shape index (κ2) is 7.60. The van der Waals surface area contributed by atoms with E-state index >= 15 is 0 Å². The Bertz CT molecular complexity index is 776. The third-order valence-corrected chi connectivity index (χ3v) is 4.50. The molecule has 1 aromatic heterocycles. The lowest BCUT2D eigenvalue weighted by Crippen LogP contribution is -2.36. The Labute approximate surface area is 148 Å². The molecule has 0 atom stereocenters. The van der Waals surface area contributed by atoms with E-state index in [4.69, 9.17) is 4.74 Å². The number of benzene rings is 1. The van der Waals surface area contributed by atoms with Crippen LogP contribution in [0.2, 0.25) is 0 Å². The van der Waals surface area contributed by atoms with Crippen molar-refractivity contribution in [3.8, 4) is 0 Å². The fourth-order valence-electron chi connectivity index (χ4n) is 2.34. The van der Waals surface area contributed by atoms with Gasteiger partial charge in [0, 0.05) is 17.1 Å². The van der Waals surface area contributed by atoms with Crippen molar-refractivity contribution >= 4 is 29.0 Å². The minimum atomic E-state index is -0.466. The van der Waals surface area contributed by atoms with Crippen LogP contribution in [0.4, 0.5) is 14.9 Å². The number of carbonyl (C=O) groups is 2. The third kappa shape index (κ3) is 4.54. The van der Waals surface area contributed by atoms with Gasteiger partial charge >= 0.3 is 12.0 Å². The fourth-order valence-corrected chi connectivity index (χ4v) is 3.10. The first kappa shape index (κ1) is 17.3. The van der Waals surface area contributed by atoms with Crippen molar-refractivity contribution < 1.29 is 18.7 Å². The predicted octanol–water partition coefficient (Wildman–Crippen LogP) is 3.66. The Morgan fingerprint density at radius 3 is 2.92 bits per heavy atom. The summed E-state index contributed by atoms with van der Waals surface area (Å²) in [6.07, 6.45) is 1.85. The normalized spacial score (nSPS) is 13.4. The number of rotatable bonds is 6. The van der Waals surface area contributed by atoms with Gasteiger partial charge < -0.3 is 15.0 Å². The lowest BCUT2D eigenvalue weighted by molar-refractivity contribution is 0.0520. The van der Waals surface area contributed by atoms with E-state index in [1.807, 2.05) is 0 Å². The molecule has 1 fully saturated rings. The van der Waals surface area contributed by atoms with Gasteiger partial charge in [-0.25, -0.2) is 19.0 Å². The van der Waals surface area contributed by atoms with Gasteiger partial charge in [0.2, 0.25) is 0 Å². The Morgan fingerprint density at radius 1 is 1.44 bits per heavy atom. The number of anilines is 1. The molecule has 0 saturated heterocycles. The number of urea groups is 1. The standard InChI is InChI=1S/C17H18FN3O3S/c1-2-24-16(22)14-10-25-15(20-14)9-21(13-6-7-13)17(23)19-12-5-3-4-11(18)8-12/h3-5,8,10,13H,2,6-7,9H2,1H3,(H,19,23). The molecule has 1 heterocycles. The number of nitrogens with one attached hydrogen (secondary N) is 1. The summed E-state index contributed by atoms with van der Waals surface area (Å²) < 4.78 is 18.2. The number of nitrogens with zero attached hydrogens (tertiary/aromatic N) is 2. The van der Waals surface area contributed by atoms with Gasteiger partial charge in [-0.3, -0.25) is 0 Å². The van der Waals surface area contributed by atoms with Gasteiger partial charge in [0.05, 0.1) is 13.2 Å². The number of aromatic nitrogens is 1. The SMILES string of the molecule is CCOC(=O)c1csc(CN(C(=O)Nc2cccc(F)c2)C2CC2)n1. The van der Waals surface area contributed by atoms with Crippen molar-refractivity contribution in [3.05, 3.63) is 46.2 Å². The molecule has 0 radical (unpaired) electrons. The third-order valence-electron chi connectivity index (χ3n) is 3.67. The van der Waals surface area contributed by atoms with Crippen molar-refractivity contribution in [1.82, 2.24) is 9.88 Å². The Balaban J connectivity index is 1.67. The molecule has 2 amide bonds. The van der Waals surface area contributed by atoms with Crippen LogP contribution in [0, 0.1) is 5.82 Å². The lowest BCUT2D eigenvalue weighted by Gasteiger charge is -2.21. The second-order valence-corrected chi connectivity index (χ2v) is 6.59. The number of thiazole rings is 1. The second-order valence-electron chi connectivity index (χ2n) is 5.65. The lowest BCUT2D eigenvalue weighted by atomic mass is 10.3. The molecule has 2 aromatic rings. The van der Waals surface area contributed by atoms with E-state index in [1.54, 1.807) is 29.3 Å². The summed E-state index contributed by atoms with van der Waals surface area (Å²) in [6.45, 7) is 2.32. The summed E-state index contributed by atoms with van der Waals surface area (Å²) in [5, 5.41) is 4.99. The summed E-state index contributed by atoms with van der Waals surface area (Å²) in [5.74, 6) is -0.873. The minimum absolute atomic E-state index is 0.142. The van der Waals surface area contributed by atoms with Crippen molar-refractivity contribution in [2.45, 2.75) is 32.4 Å². The van der Waals surface area contributed by atoms with E-state index in [9.17, 15) is 14.0 Å². The maximum Gasteiger partial charge on any atom is 0.357 e. The van der Waals surface area contributed by atoms with Crippen LogP contribution in [0.1, 0.15) is 35.3 Å². The summed E-state index contributed by atoms with van der Waals surface area (Å²) in [7, 11) is 0.